The normalized spacial score (nSPS) is 13.2. The summed E-state index contributed by atoms with van der Waals surface area (Å²) in [6.07, 6.45) is 6.84. The van der Waals surface area contributed by atoms with Crippen LogP contribution in [-0.4, -0.2) is 5.71 Å². The molecule has 1 N–H and O–H groups in total. The van der Waals surface area contributed by atoms with Crippen molar-refractivity contribution in [3.63, 3.8) is 0 Å². The molecule has 0 saturated heterocycles. The third-order valence-corrected chi connectivity index (χ3v) is 3.86. The van der Waals surface area contributed by atoms with Gasteiger partial charge in [0.25, 0.3) is 0 Å². The molecule has 2 aromatic rings. The van der Waals surface area contributed by atoms with Gasteiger partial charge >= 0.3 is 0 Å². The number of allylic oxidation sites excluding steroid dienone is 1. The van der Waals surface area contributed by atoms with Crippen LogP contribution < -0.4 is 0 Å². The Morgan fingerprint density at radius 2 is 2.05 bits per heavy atom. The standard InChI is InChI=1S/C18H23NO/c1-4-13(3)16(19)11-8-10-14-15-9-6-7-12-18(15)20-17(14)5-2/h6-10,12-13,19H,4-5,11H2,1-3H3/b10-8-,19-16?/t13-/m1/s1. The molecule has 0 amide bonds. The zero-order chi connectivity index (χ0) is 14.5. The average molecular weight is 269 g/mol. The second-order valence-electron chi connectivity index (χ2n) is 5.23. The van der Waals surface area contributed by atoms with E-state index in [0.29, 0.717) is 5.92 Å². The quantitative estimate of drug-likeness (QED) is 0.694. The molecule has 0 unspecified atom stereocenters. The molecule has 1 atom stereocenters. The molecule has 1 aromatic heterocycles. The lowest BCUT2D eigenvalue weighted by molar-refractivity contribution is 0.556. The highest BCUT2D eigenvalue weighted by atomic mass is 16.3. The molecular formula is C18H23NO. The molecule has 0 aliphatic carbocycles. The van der Waals surface area contributed by atoms with Gasteiger partial charge in [-0.25, -0.2) is 0 Å². The summed E-state index contributed by atoms with van der Waals surface area (Å²) in [6.45, 7) is 6.35. The highest BCUT2D eigenvalue weighted by molar-refractivity contribution is 5.90. The highest BCUT2D eigenvalue weighted by Crippen LogP contribution is 2.27. The molecule has 0 fully saturated rings. The van der Waals surface area contributed by atoms with Gasteiger partial charge in [-0.1, -0.05) is 51.1 Å². The van der Waals surface area contributed by atoms with Gasteiger partial charge in [0.2, 0.25) is 0 Å². The summed E-state index contributed by atoms with van der Waals surface area (Å²) in [5.41, 5.74) is 2.91. The van der Waals surface area contributed by atoms with Gasteiger partial charge in [-0.15, -0.1) is 0 Å². The minimum absolute atomic E-state index is 0.367. The van der Waals surface area contributed by atoms with Crippen LogP contribution in [0.5, 0.6) is 0 Å². The van der Waals surface area contributed by atoms with E-state index in [2.05, 4.69) is 39.0 Å². The van der Waals surface area contributed by atoms with Gasteiger partial charge < -0.3 is 9.83 Å². The Morgan fingerprint density at radius 3 is 2.75 bits per heavy atom. The number of nitrogens with one attached hydrogen (secondary N) is 1. The molecule has 1 aromatic carbocycles. The van der Waals surface area contributed by atoms with Crippen molar-refractivity contribution in [1.82, 2.24) is 0 Å². The number of fused-ring (bicyclic) bond motifs is 1. The van der Waals surface area contributed by atoms with E-state index in [1.165, 1.54) is 5.56 Å². The third kappa shape index (κ3) is 3.01. The van der Waals surface area contributed by atoms with Crippen LogP contribution in [-0.2, 0) is 6.42 Å². The molecule has 0 aliphatic heterocycles. The minimum atomic E-state index is 0.367. The predicted molar refractivity (Wildman–Crippen MR) is 86.4 cm³/mol. The topological polar surface area (TPSA) is 37.0 Å². The summed E-state index contributed by atoms with van der Waals surface area (Å²) in [5.74, 6) is 1.39. The predicted octanol–water partition coefficient (Wildman–Crippen LogP) is 5.46. The van der Waals surface area contributed by atoms with E-state index in [-0.39, 0.29) is 0 Å². The van der Waals surface area contributed by atoms with Gasteiger partial charge in [0, 0.05) is 29.5 Å². The number of para-hydroxylation sites is 1. The molecule has 0 spiro atoms. The van der Waals surface area contributed by atoms with Crippen molar-refractivity contribution in [2.45, 2.75) is 40.0 Å². The first-order valence-electron chi connectivity index (χ1n) is 7.41. The fraction of sp³-hybridized carbons (Fsp3) is 0.389. The third-order valence-electron chi connectivity index (χ3n) is 3.86. The van der Waals surface area contributed by atoms with Crippen LogP contribution in [0.3, 0.4) is 0 Å². The first kappa shape index (κ1) is 14.6. The number of rotatable bonds is 6. The maximum absolute atomic E-state index is 8.01. The van der Waals surface area contributed by atoms with Crippen LogP contribution in [0.15, 0.2) is 34.8 Å². The molecule has 0 saturated carbocycles. The van der Waals surface area contributed by atoms with Gasteiger partial charge in [0.1, 0.15) is 11.3 Å². The van der Waals surface area contributed by atoms with Crippen molar-refractivity contribution >= 4 is 22.8 Å². The second kappa shape index (κ2) is 6.56. The Kier molecular flexibility index (Phi) is 4.78. The Hall–Kier alpha value is -1.83. The summed E-state index contributed by atoms with van der Waals surface area (Å²) >= 11 is 0. The molecule has 0 bridgehead atoms. The van der Waals surface area contributed by atoms with E-state index in [1.807, 2.05) is 18.2 Å². The van der Waals surface area contributed by atoms with Crippen LogP contribution in [0, 0.1) is 11.3 Å². The van der Waals surface area contributed by atoms with Crippen molar-refractivity contribution in [3.05, 3.63) is 41.7 Å². The van der Waals surface area contributed by atoms with Crippen molar-refractivity contribution in [1.29, 1.82) is 5.41 Å². The summed E-state index contributed by atoms with van der Waals surface area (Å²) in [4.78, 5) is 0. The van der Waals surface area contributed by atoms with Crippen molar-refractivity contribution < 1.29 is 4.42 Å². The first-order chi connectivity index (χ1) is 9.67. The fourth-order valence-electron chi connectivity index (χ4n) is 2.31. The number of aryl methyl sites for hydroxylation is 1. The molecule has 20 heavy (non-hydrogen) atoms. The lowest BCUT2D eigenvalue weighted by atomic mass is 9.99. The maximum atomic E-state index is 8.01. The van der Waals surface area contributed by atoms with Crippen LogP contribution in [0.25, 0.3) is 17.0 Å². The van der Waals surface area contributed by atoms with E-state index < -0.39 is 0 Å². The number of hydrogen-bond donors (Lipinski definition) is 1. The molecule has 2 nitrogen and oxygen atoms in total. The number of hydrogen-bond acceptors (Lipinski definition) is 2. The van der Waals surface area contributed by atoms with Crippen molar-refractivity contribution in [2.24, 2.45) is 5.92 Å². The highest BCUT2D eigenvalue weighted by Gasteiger charge is 2.10. The lowest BCUT2D eigenvalue weighted by Crippen LogP contribution is -2.06. The largest absolute Gasteiger partial charge is 0.460 e. The van der Waals surface area contributed by atoms with Gasteiger partial charge in [-0.3, -0.25) is 0 Å². The maximum Gasteiger partial charge on any atom is 0.134 e. The van der Waals surface area contributed by atoms with Gasteiger partial charge in [0.15, 0.2) is 0 Å². The molecule has 2 heteroatoms. The SMILES string of the molecule is CCc1oc2ccccc2c1/C=C\CC(=N)[C@H](C)CC. The summed E-state index contributed by atoms with van der Waals surface area (Å²) in [6, 6.07) is 8.14. The van der Waals surface area contributed by atoms with E-state index in [9.17, 15) is 0 Å². The Balaban J connectivity index is 2.22. The molecule has 2 rings (SSSR count). The van der Waals surface area contributed by atoms with Crippen LogP contribution in [0.4, 0.5) is 0 Å². The average Bonchev–Trinajstić information content (AvgIpc) is 2.84. The molecular weight excluding hydrogens is 246 g/mol. The van der Waals surface area contributed by atoms with E-state index >= 15 is 0 Å². The van der Waals surface area contributed by atoms with Gasteiger partial charge in [0.05, 0.1) is 0 Å². The summed E-state index contributed by atoms with van der Waals surface area (Å²) in [7, 11) is 0. The molecule has 0 radical (unpaired) electrons. The monoisotopic (exact) mass is 269 g/mol. The van der Waals surface area contributed by atoms with Gasteiger partial charge in [-0.2, -0.15) is 0 Å². The molecule has 106 valence electrons. The Bertz CT molecular complexity index is 621. The summed E-state index contributed by atoms with van der Waals surface area (Å²) in [5, 5.41) is 9.17. The van der Waals surface area contributed by atoms with Crippen molar-refractivity contribution in [2.75, 3.05) is 0 Å². The zero-order valence-corrected chi connectivity index (χ0v) is 12.6. The lowest BCUT2D eigenvalue weighted by Gasteiger charge is -2.07. The second-order valence-corrected chi connectivity index (χ2v) is 5.23. The Labute approximate surface area is 121 Å². The molecule has 0 aliphatic rings. The van der Waals surface area contributed by atoms with Crippen molar-refractivity contribution in [3.8, 4) is 0 Å². The zero-order valence-electron chi connectivity index (χ0n) is 12.6. The van der Waals surface area contributed by atoms with E-state index in [1.54, 1.807) is 0 Å². The minimum Gasteiger partial charge on any atom is -0.460 e. The first-order valence-corrected chi connectivity index (χ1v) is 7.41. The smallest absolute Gasteiger partial charge is 0.134 e. The van der Waals surface area contributed by atoms with E-state index in [4.69, 9.17) is 9.83 Å². The van der Waals surface area contributed by atoms with E-state index in [0.717, 1.165) is 41.7 Å². The number of benzene rings is 1. The van der Waals surface area contributed by atoms with Gasteiger partial charge in [-0.05, 0) is 18.4 Å². The Morgan fingerprint density at radius 1 is 1.30 bits per heavy atom. The van der Waals surface area contributed by atoms with Crippen LogP contribution in [0.2, 0.25) is 0 Å². The fourth-order valence-corrected chi connectivity index (χ4v) is 2.31. The van der Waals surface area contributed by atoms with Crippen LogP contribution in [0.1, 0.15) is 44.9 Å². The summed E-state index contributed by atoms with van der Waals surface area (Å²) < 4.78 is 5.87. The number of furan rings is 1. The molecule has 1 heterocycles. The van der Waals surface area contributed by atoms with Crippen LogP contribution >= 0.6 is 0 Å².